The molecule has 0 bridgehead atoms. The number of hydrogen-bond donors (Lipinski definition) is 1. The van der Waals surface area contributed by atoms with Crippen LogP contribution in [0.4, 0.5) is 13.2 Å². The molecule has 0 saturated heterocycles. The van der Waals surface area contributed by atoms with Crippen molar-refractivity contribution in [3.05, 3.63) is 65.5 Å². The minimum absolute atomic E-state index is 0.159. The minimum atomic E-state index is -4.32. The molecule has 0 unspecified atom stereocenters. The Bertz CT molecular complexity index is 524. The number of alkyl halides is 3. The van der Waals surface area contributed by atoms with E-state index in [0.29, 0.717) is 6.54 Å². The highest BCUT2D eigenvalue weighted by Gasteiger charge is 2.32. The summed E-state index contributed by atoms with van der Waals surface area (Å²) in [5, 5.41) is 2.97. The maximum Gasteiger partial charge on any atom is 0.416 e. The molecule has 0 amide bonds. The molecular formula is C14H13F3N2. The summed E-state index contributed by atoms with van der Waals surface area (Å²) in [6.45, 7) is 0.597. The van der Waals surface area contributed by atoms with Gasteiger partial charge in [-0.25, -0.2) is 0 Å². The van der Waals surface area contributed by atoms with Crippen LogP contribution in [-0.2, 0) is 19.3 Å². The van der Waals surface area contributed by atoms with Crippen LogP contribution in [0, 0.1) is 0 Å². The first-order valence-electron chi connectivity index (χ1n) is 5.83. The third-order valence-corrected chi connectivity index (χ3v) is 2.67. The minimum Gasteiger partial charge on any atom is -0.307 e. The van der Waals surface area contributed by atoms with Crippen LogP contribution in [0.2, 0.25) is 0 Å². The third kappa shape index (κ3) is 3.79. The van der Waals surface area contributed by atoms with E-state index in [4.69, 9.17) is 0 Å². The first-order chi connectivity index (χ1) is 9.07. The lowest BCUT2D eigenvalue weighted by Crippen LogP contribution is -2.17. The van der Waals surface area contributed by atoms with Crippen LogP contribution in [0.15, 0.2) is 48.7 Å². The normalized spacial score (nSPS) is 11.5. The molecule has 0 aliphatic heterocycles. The second-order valence-corrected chi connectivity index (χ2v) is 4.08. The number of aromatic nitrogens is 1. The van der Waals surface area contributed by atoms with E-state index in [1.54, 1.807) is 18.3 Å². The van der Waals surface area contributed by atoms with Crippen molar-refractivity contribution in [1.82, 2.24) is 10.3 Å². The van der Waals surface area contributed by atoms with Crippen LogP contribution in [0.25, 0.3) is 0 Å². The van der Waals surface area contributed by atoms with Gasteiger partial charge in [0.1, 0.15) is 0 Å². The van der Waals surface area contributed by atoms with E-state index in [-0.39, 0.29) is 12.1 Å². The predicted octanol–water partition coefficient (Wildman–Crippen LogP) is 3.39. The molecule has 1 aromatic heterocycles. The number of nitrogens with zero attached hydrogens (tertiary/aromatic N) is 1. The van der Waals surface area contributed by atoms with E-state index in [9.17, 15) is 13.2 Å². The average Bonchev–Trinajstić information content (AvgIpc) is 2.39. The van der Waals surface area contributed by atoms with E-state index < -0.39 is 11.7 Å². The van der Waals surface area contributed by atoms with Crippen LogP contribution in [0.3, 0.4) is 0 Å². The first kappa shape index (κ1) is 13.5. The van der Waals surface area contributed by atoms with E-state index in [2.05, 4.69) is 10.3 Å². The fourth-order valence-electron chi connectivity index (χ4n) is 1.78. The summed E-state index contributed by atoms with van der Waals surface area (Å²) in [5.41, 5.74) is 0.446. The van der Waals surface area contributed by atoms with Gasteiger partial charge in [0, 0.05) is 19.3 Å². The Morgan fingerprint density at radius 1 is 0.947 bits per heavy atom. The summed E-state index contributed by atoms with van der Waals surface area (Å²) < 4.78 is 38.3. The highest BCUT2D eigenvalue weighted by atomic mass is 19.4. The molecule has 1 heterocycles. The Balaban J connectivity index is 2.00. The lowest BCUT2D eigenvalue weighted by Gasteiger charge is -2.13. The molecule has 0 radical (unpaired) electrons. The van der Waals surface area contributed by atoms with Crippen LogP contribution in [0.1, 0.15) is 16.8 Å². The number of hydrogen-bond acceptors (Lipinski definition) is 2. The predicted molar refractivity (Wildman–Crippen MR) is 66.2 cm³/mol. The van der Waals surface area contributed by atoms with Gasteiger partial charge in [0.25, 0.3) is 0 Å². The maximum atomic E-state index is 12.8. The fraction of sp³-hybridized carbons (Fsp3) is 0.214. The van der Waals surface area contributed by atoms with E-state index >= 15 is 0 Å². The van der Waals surface area contributed by atoms with E-state index in [1.807, 2.05) is 12.1 Å². The Labute approximate surface area is 109 Å². The summed E-state index contributed by atoms with van der Waals surface area (Å²) in [7, 11) is 0. The monoisotopic (exact) mass is 266 g/mol. The van der Waals surface area contributed by atoms with Crippen molar-refractivity contribution < 1.29 is 13.2 Å². The van der Waals surface area contributed by atoms with Crippen molar-refractivity contribution in [2.24, 2.45) is 0 Å². The molecule has 0 aliphatic carbocycles. The van der Waals surface area contributed by atoms with Crippen molar-refractivity contribution in [3.63, 3.8) is 0 Å². The van der Waals surface area contributed by atoms with Gasteiger partial charge in [-0.1, -0.05) is 24.3 Å². The standard InChI is InChI=1S/C14H13F3N2/c15-14(16,17)13-7-2-1-5-11(13)9-18-10-12-6-3-4-8-19-12/h1-8,18H,9-10H2. The molecule has 0 fully saturated rings. The summed E-state index contributed by atoms with van der Waals surface area (Å²) in [6, 6.07) is 11.0. The zero-order chi connectivity index (χ0) is 13.7. The number of pyridine rings is 1. The van der Waals surface area contributed by atoms with Crippen molar-refractivity contribution in [2.45, 2.75) is 19.3 Å². The molecular weight excluding hydrogens is 253 g/mol. The van der Waals surface area contributed by atoms with Gasteiger partial charge in [-0.3, -0.25) is 4.98 Å². The lowest BCUT2D eigenvalue weighted by atomic mass is 10.1. The molecule has 1 aromatic carbocycles. The summed E-state index contributed by atoms with van der Waals surface area (Å²) in [4.78, 5) is 4.10. The molecule has 2 rings (SSSR count). The summed E-state index contributed by atoms with van der Waals surface area (Å²) in [6.07, 6.45) is -2.66. The van der Waals surface area contributed by atoms with E-state index in [1.165, 1.54) is 12.1 Å². The quantitative estimate of drug-likeness (QED) is 0.917. The Hall–Kier alpha value is -1.88. The molecule has 19 heavy (non-hydrogen) atoms. The van der Waals surface area contributed by atoms with Crippen molar-refractivity contribution in [2.75, 3.05) is 0 Å². The molecule has 2 nitrogen and oxygen atoms in total. The van der Waals surface area contributed by atoms with Crippen molar-refractivity contribution in [3.8, 4) is 0 Å². The van der Waals surface area contributed by atoms with Gasteiger partial charge in [0.15, 0.2) is 0 Å². The van der Waals surface area contributed by atoms with Gasteiger partial charge in [-0.05, 0) is 23.8 Å². The van der Waals surface area contributed by atoms with Crippen molar-refractivity contribution in [1.29, 1.82) is 0 Å². The maximum absolute atomic E-state index is 12.8. The Morgan fingerprint density at radius 3 is 2.37 bits per heavy atom. The molecule has 0 spiro atoms. The molecule has 0 aliphatic rings. The van der Waals surface area contributed by atoms with Gasteiger partial charge in [0.05, 0.1) is 11.3 Å². The zero-order valence-electron chi connectivity index (χ0n) is 10.1. The van der Waals surface area contributed by atoms with Gasteiger partial charge >= 0.3 is 6.18 Å². The SMILES string of the molecule is FC(F)(F)c1ccccc1CNCc1ccccn1. The molecule has 0 saturated carbocycles. The van der Waals surface area contributed by atoms with Gasteiger partial charge in [-0.15, -0.1) is 0 Å². The second-order valence-electron chi connectivity index (χ2n) is 4.08. The highest BCUT2D eigenvalue weighted by molar-refractivity contribution is 5.29. The lowest BCUT2D eigenvalue weighted by molar-refractivity contribution is -0.138. The van der Waals surface area contributed by atoms with Crippen LogP contribution in [-0.4, -0.2) is 4.98 Å². The number of halogens is 3. The first-order valence-corrected chi connectivity index (χ1v) is 5.83. The van der Waals surface area contributed by atoms with Crippen LogP contribution < -0.4 is 5.32 Å². The van der Waals surface area contributed by atoms with Gasteiger partial charge in [-0.2, -0.15) is 13.2 Å². The van der Waals surface area contributed by atoms with Gasteiger partial charge in [0.2, 0.25) is 0 Å². The third-order valence-electron chi connectivity index (χ3n) is 2.67. The highest BCUT2D eigenvalue weighted by Crippen LogP contribution is 2.31. The number of nitrogens with one attached hydrogen (secondary N) is 1. The fourth-order valence-corrected chi connectivity index (χ4v) is 1.78. The molecule has 0 atom stereocenters. The second kappa shape index (κ2) is 5.84. The van der Waals surface area contributed by atoms with Gasteiger partial charge < -0.3 is 5.32 Å². The molecule has 1 N–H and O–H groups in total. The number of rotatable bonds is 4. The zero-order valence-corrected chi connectivity index (χ0v) is 10.1. The Morgan fingerprint density at radius 2 is 1.68 bits per heavy atom. The smallest absolute Gasteiger partial charge is 0.307 e. The Kier molecular flexibility index (Phi) is 4.16. The van der Waals surface area contributed by atoms with E-state index in [0.717, 1.165) is 11.8 Å². The van der Waals surface area contributed by atoms with Crippen LogP contribution in [0.5, 0.6) is 0 Å². The molecule has 5 heteroatoms. The topological polar surface area (TPSA) is 24.9 Å². The average molecular weight is 266 g/mol. The summed E-state index contributed by atoms with van der Waals surface area (Å²) in [5.74, 6) is 0. The number of benzene rings is 1. The molecule has 2 aromatic rings. The van der Waals surface area contributed by atoms with Crippen LogP contribution >= 0.6 is 0 Å². The summed E-state index contributed by atoms with van der Waals surface area (Å²) >= 11 is 0. The molecule has 100 valence electrons. The largest absolute Gasteiger partial charge is 0.416 e. The van der Waals surface area contributed by atoms with Crippen molar-refractivity contribution >= 4 is 0 Å².